The predicted octanol–water partition coefficient (Wildman–Crippen LogP) is -4.24. The van der Waals surface area contributed by atoms with Gasteiger partial charge in [-0.05, 0) is 94.0 Å². The van der Waals surface area contributed by atoms with Gasteiger partial charge in [-0.2, -0.15) is 0 Å². The lowest BCUT2D eigenvalue weighted by Crippen LogP contribution is -2.64. The van der Waals surface area contributed by atoms with Crippen LogP contribution in [0.2, 0.25) is 0 Å². The maximum absolute atomic E-state index is 14.5. The van der Waals surface area contributed by atoms with Crippen LogP contribution >= 0.6 is 0 Å². The van der Waals surface area contributed by atoms with Crippen molar-refractivity contribution >= 4 is 87.8 Å². The molecular weight excluding hydrogens is 1340 g/mol. The molecule has 103 heavy (non-hydrogen) atoms. The number of hydrogen-bond acceptors (Lipinski definition) is 20. The van der Waals surface area contributed by atoms with Crippen LogP contribution in [0.3, 0.4) is 0 Å². The normalized spacial score (nSPS) is 15.7. The highest BCUT2D eigenvalue weighted by Crippen LogP contribution is 2.20. The van der Waals surface area contributed by atoms with Gasteiger partial charge in [-0.1, -0.05) is 107 Å². The van der Waals surface area contributed by atoms with E-state index in [9.17, 15) is 98.1 Å². The number of aliphatic hydroxyl groups is 5. The maximum Gasteiger partial charge on any atom is 0.328 e. The van der Waals surface area contributed by atoms with E-state index >= 15 is 0 Å². The van der Waals surface area contributed by atoms with E-state index in [0.717, 1.165) is 20.8 Å². The molecule has 4 aromatic rings. The number of aromatic amines is 1. The number of amides is 11. The van der Waals surface area contributed by atoms with E-state index in [0.29, 0.717) is 34.0 Å². The second-order valence-electron chi connectivity index (χ2n) is 26.1. The van der Waals surface area contributed by atoms with Crippen molar-refractivity contribution in [1.29, 1.82) is 0 Å². The van der Waals surface area contributed by atoms with E-state index in [4.69, 9.17) is 11.5 Å². The summed E-state index contributed by atoms with van der Waals surface area (Å²) >= 11 is 0. The maximum atomic E-state index is 14.5. The Morgan fingerprint density at radius 3 is 1.18 bits per heavy atom. The first-order chi connectivity index (χ1) is 48.7. The SMILES string of the molecule is CC(C)C[C@H](NC(=O)[C@@H](NC(=O)[C@H](CC(C)C)NC(=O)[C@@H](NC(=O)[C@H](Cc1ccccc1)NC(=O)[C@@H](NC(=O)[C@H](CO)NC(=O)[C@H](Cc1ccccc1)NC(=O)[C@@H](N)CC(=O)O)[C@@H](C)O)[C@@H](C)O)[C@@H](C)O)C(=O)N[C@@H](CCCCN)C(=O)N[C@@H](Cc1c[nH]c2ccccc12)C(=O)N[C@@H](CO)C(=O)O. The highest BCUT2D eigenvalue weighted by molar-refractivity contribution is 6.00. The van der Waals surface area contributed by atoms with Gasteiger partial charge in [-0.15, -0.1) is 0 Å². The van der Waals surface area contributed by atoms with E-state index in [1.807, 2.05) is 0 Å². The summed E-state index contributed by atoms with van der Waals surface area (Å²) in [7, 11) is 0. The molecule has 0 aliphatic heterocycles. The first kappa shape index (κ1) is 85.4. The third kappa shape index (κ3) is 28.1. The van der Waals surface area contributed by atoms with Crippen LogP contribution < -0.4 is 70.0 Å². The van der Waals surface area contributed by atoms with E-state index in [-0.39, 0.29) is 63.3 Å². The van der Waals surface area contributed by atoms with Crippen LogP contribution in [-0.4, -0.2) is 228 Å². The van der Waals surface area contributed by atoms with E-state index in [1.165, 1.54) is 0 Å². The van der Waals surface area contributed by atoms with Gasteiger partial charge in [0.05, 0.1) is 44.0 Å². The molecular formula is C69H100N14O20. The molecule has 15 atom stereocenters. The number of rotatable bonds is 44. The van der Waals surface area contributed by atoms with E-state index < -0.39 is 187 Å². The molecule has 0 radical (unpaired) electrons. The van der Waals surface area contributed by atoms with Crippen LogP contribution in [0.4, 0.5) is 0 Å². The van der Waals surface area contributed by atoms with Crippen LogP contribution in [-0.2, 0) is 81.6 Å². The second kappa shape index (κ2) is 42.5. The number of hydrogen-bond donors (Lipinski definition) is 21. The summed E-state index contributed by atoms with van der Waals surface area (Å²) in [5.41, 5.74) is 13.7. The molecule has 0 fully saturated rings. The van der Waals surface area contributed by atoms with Crippen molar-refractivity contribution in [3.05, 3.63) is 108 Å². The molecule has 0 bridgehead atoms. The van der Waals surface area contributed by atoms with Crippen molar-refractivity contribution in [3.8, 4) is 0 Å². The van der Waals surface area contributed by atoms with Gasteiger partial charge < -0.3 is 111 Å². The number of carbonyl (C=O) groups is 13. The van der Waals surface area contributed by atoms with Crippen molar-refractivity contribution in [2.75, 3.05) is 19.8 Å². The standard InChI is InChI=1S/C69H100N14O20/c1-35(2)26-47(60(93)73-46(24-16-17-25-70)59(92)75-51(62(95)80-53(34-85)69(102)103)30-42-32-72-45-23-15-14-22-43(42)45)76-66(99)55(37(5)86)81-63(96)48(27-36(3)4)77-67(100)56(38(6)87)82-64(97)50(29-41-20-12-9-13-21-41)78-68(101)57(39(7)88)83-65(98)52(33-84)79-61(94)49(28-40-18-10-8-11-19-40)74-58(91)44(71)31-54(89)90/h8-15,18-23,32,35-39,44,46-53,55-57,72,84-88H,16-17,24-31,33-34,70-71H2,1-7H3,(H,73,93)(H,74,91)(H,75,92)(H,76,99)(H,77,100)(H,78,101)(H,79,94)(H,80,95)(H,81,96)(H,82,97)(H,83,98)(H,89,90)(H,102,103)/t37-,38-,39-,44+,46+,47+,48+,49+,50+,51+,52+,53+,55+,56+,57+/m1/s1. The van der Waals surface area contributed by atoms with Gasteiger partial charge in [0.15, 0.2) is 0 Å². The fraction of sp³-hybridized carbons (Fsp3) is 0.522. The first-order valence-corrected chi connectivity index (χ1v) is 33.8. The van der Waals surface area contributed by atoms with Crippen LogP contribution in [0.15, 0.2) is 91.1 Å². The molecule has 0 saturated carbocycles. The Morgan fingerprint density at radius 1 is 0.408 bits per heavy atom. The zero-order chi connectivity index (χ0) is 76.8. The summed E-state index contributed by atoms with van der Waals surface area (Å²) in [4.78, 5) is 181. The Bertz CT molecular complexity index is 3500. The Morgan fingerprint density at radius 2 is 0.757 bits per heavy atom. The number of nitrogens with one attached hydrogen (secondary N) is 12. The summed E-state index contributed by atoms with van der Waals surface area (Å²) in [5.74, 6) is -15.4. The van der Waals surface area contributed by atoms with Crippen molar-refractivity contribution in [3.63, 3.8) is 0 Å². The molecule has 23 N–H and O–H groups in total. The Kier molecular flexibility index (Phi) is 35.2. The van der Waals surface area contributed by atoms with Gasteiger partial charge in [-0.25, -0.2) is 4.79 Å². The third-order valence-corrected chi connectivity index (χ3v) is 16.4. The fourth-order valence-corrected chi connectivity index (χ4v) is 10.8. The van der Waals surface area contributed by atoms with Gasteiger partial charge in [-0.3, -0.25) is 57.5 Å². The highest BCUT2D eigenvalue weighted by atomic mass is 16.4. The summed E-state index contributed by atoms with van der Waals surface area (Å²) in [6, 6.07) is 3.37. The fourth-order valence-electron chi connectivity index (χ4n) is 10.8. The van der Waals surface area contributed by atoms with Crippen molar-refractivity contribution in [2.45, 2.75) is 197 Å². The van der Waals surface area contributed by atoms with Gasteiger partial charge in [0.2, 0.25) is 65.0 Å². The summed E-state index contributed by atoms with van der Waals surface area (Å²) in [5, 5.41) is 99.4. The lowest BCUT2D eigenvalue weighted by atomic mass is 9.99. The van der Waals surface area contributed by atoms with Crippen molar-refractivity contribution < 1.29 is 98.1 Å². The average molecular weight is 1450 g/mol. The van der Waals surface area contributed by atoms with E-state index in [2.05, 4.69) is 63.5 Å². The zero-order valence-electron chi connectivity index (χ0n) is 58.6. The molecule has 0 aliphatic rings. The number of aliphatic carboxylic acids is 2. The summed E-state index contributed by atoms with van der Waals surface area (Å²) < 4.78 is 0. The lowest BCUT2D eigenvalue weighted by Gasteiger charge is -2.30. The number of aromatic nitrogens is 1. The number of unbranched alkanes of at least 4 members (excludes halogenated alkanes) is 1. The quantitative estimate of drug-likeness (QED) is 0.0187. The minimum Gasteiger partial charge on any atom is -0.481 e. The molecule has 0 saturated heterocycles. The molecule has 34 heteroatoms. The number of para-hydroxylation sites is 1. The number of aliphatic hydroxyl groups excluding tert-OH is 5. The molecule has 566 valence electrons. The molecule has 1 heterocycles. The number of benzene rings is 3. The van der Waals surface area contributed by atoms with Crippen LogP contribution in [0, 0.1) is 11.8 Å². The molecule has 1 aromatic heterocycles. The largest absolute Gasteiger partial charge is 0.481 e. The second-order valence-corrected chi connectivity index (χ2v) is 26.1. The Hall–Kier alpha value is -9.97. The molecule has 11 amide bonds. The number of H-pyrrole nitrogens is 1. The molecule has 0 unspecified atom stereocenters. The zero-order valence-corrected chi connectivity index (χ0v) is 58.6. The van der Waals surface area contributed by atoms with Crippen LogP contribution in [0.5, 0.6) is 0 Å². The van der Waals surface area contributed by atoms with Gasteiger partial charge >= 0.3 is 11.9 Å². The summed E-state index contributed by atoms with van der Waals surface area (Å²) in [6.07, 6.45) is -4.67. The molecule has 3 aromatic carbocycles. The predicted molar refractivity (Wildman–Crippen MR) is 372 cm³/mol. The minimum absolute atomic E-state index is 0.0425. The number of nitrogens with two attached hydrogens (primary N) is 2. The van der Waals surface area contributed by atoms with Crippen LogP contribution in [0.25, 0.3) is 10.9 Å². The smallest absolute Gasteiger partial charge is 0.328 e. The lowest BCUT2D eigenvalue weighted by molar-refractivity contribution is -0.143. The average Bonchev–Trinajstić information content (AvgIpc) is 1.77. The van der Waals surface area contributed by atoms with Gasteiger partial charge in [0.25, 0.3) is 0 Å². The van der Waals surface area contributed by atoms with Crippen LogP contribution in [0.1, 0.15) is 104 Å². The number of carboxylic acids is 2. The molecule has 0 spiro atoms. The van der Waals surface area contributed by atoms with Gasteiger partial charge in [0, 0.05) is 36.4 Å². The topological polar surface area (TPSA) is 564 Å². The minimum atomic E-state index is -1.93. The van der Waals surface area contributed by atoms with Crippen molar-refractivity contribution in [2.24, 2.45) is 23.3 Å². The number of carbonyl (C=O) groups excluding carboxylic acids is 11. The number of fused-ring (bicyclic) bond motifs is 1. The van der Waals surface area contributed by atoms with Gasteiger partial charge in [0.1, 0.15) is 66.5 Å². The third-order valence-electron chi connectivity index (χ3n) is 16.4. The Balaban J connectivity index is 1.55. The molecule has 4 rings (SSSR count). The summed E-state index contributed by atoms with van der Waals surface area (Å²) in [6.45, 7) is 8.30. The molecule has 0 aliphatic carbocycles. The number of carboxylic acid groups (broad SMARTS) is 2. The molecule has 34 nitrogen and oxygen atoms in total. The van der Waals surface area contributed by atoms with E-state index in [1.54, 1.807) is 119 Å². The Labute approximate surface area is 595 Å². The first-order valence-electron chi connectivity index (χ1n) is 33.8. The highest BCUT2D eigenvalue weighted by Gasteiger charge is 2.40. The monoisotopic (exact) mass is 1440 g/mol. The van der Waals surface area contributed by atoms with Crippen molar-refractivity contribution in [1.82, 2.24) is 63.5 Å².